The second kappa shape index (κ2) is 6.15. The van der Waals surface area contributed by atoms with Gasteiger partial charge in [0.05, 0.1) is 10.6 Å². The van der Waals surface area contributed by atoms with Gasteiger partial charge in [0.2, 0.25) is 0 Å². The van der Waals surface area contributed by atoms with E-state index in [1.54, 1.807) is 30.3 Å². The number of ether oxygens (including phenoxy) is 1. The van der Waals surface area contributed by atoms with Crippen LogP contribution in [0.3, 0.4) is 0 Å². The highest BCUT2D eigenvalue weighted by molar-refractivity contribution is 9.10. The number of oxime groups is 1. The Bertz CT molecular complexity index is 674. The van der Waals surface area contributed by atoms with Gasteiger partial charge in [0, 0.05) is 4.47 Å². The molecule has 0 saturated heterocycles. The third-order valence-corrected chi connectivity index (χ3v) is 3.42. The number of aryl methyl sites for hydroxylation is 1. The maximum atomic E-state index is 8.81. The first kappa shape index (κ1) is 14.7. The number of amidine groups is 1. The van der Waals surface area contributed by atoms with E-state index in [0.717, 1.165) is 10.0 Å². The van der Waals surface area contributed by atoms with E-state index in [1.807, 2.05) is 13.0 Å². The zero-order valence-corrected chi connectivity index (χ0v) is 12.9. The lowest BCUT2D eigenvalue weighted by Gasteiger charge is -2.12. The SMILES string of the molecule is Cc1ccc(Oc2cc(Br)ccc2/C(N)=N/O)c(Cl)c1. The maximum Gasteiger partial charge on any atom is 0.173 e. The van der Waals surface area contributed by atoms with Crippen LogP contribution in [0.4, 0.5) is 0 Å². The van der Waals surface area contributed by atoms with E-state index < -0.39 is 0 Å². The lowest BCUT2D eigenvalue weighted by atomic mass is 10.2. The molecule has 0 atom stereocenters. The molecule has 6 heteroatoms. The molecule has 0 aromatic heterocycles. The van der Waals surface area contributed by atoms with Crippen LogP contribution in [0.15, 0.2) is 46.0 Å². The monoisotopic (exact) mass is 354 g/mol. The number of nitrogens with two attached hydrogens (primary N) is 1. The molecular formula is C14H12BrClN2O2. The van der Waals surface area contributed by atoms with E-state index in [0.29, 0.717) is 22.1 Å². The fourth-order valence-corrected chi connectivity index (χ4v) is 2.27. The van der Waals surface area contributed by atoms with Crippen molar-refractivity contribution in [3.8, 4) is 11.5 Å². The summed E-state index contributed by atoms with van der Waals surface area (Å²) in [5, 5.41) is 12.3. The maximum absolute atomic E-state index is 8.81. The number of benzene rings is 2. The Morgan fingerprint density at radius 1 is 1.25 bits per heavy atom. The molecule has 0 fully saturated rings. The van der Waals surface area contributed by atoms with E-state index in [9.17, 15) is 0 Å². The normalized spacial score (nSPS) is 11.4. The smallest absolute Gasteiger partial charge is 0.173 e. The molecule has 20 heavy (non-hydrogen) atoms. The van der Waals surface area contributed by atoms with Crippen molar-refractivity contribution in [1.29, 1.82) is 0 Å². The lowest BCUT2D eigenvalue weighted by Crippen LogP contribution is -2.14. The predicted octanol–water partition coefficient (Wildman–Crippen LogP) is 4.30. The molecule has 0 heterocycles. The third-order valence-electron chi connectivity index (χ3n) is 2.63. The van der Waals surface area contributed by atoms with Crippen molar-refractivity contribution in [2.45, 2.75) is 6.92 Å². The molecular weight excluding hydrogens is 344 g/mol. The fraction of sp³-hybridized carbons (Fsp3) is 0.0714. The van der Waals surface area contributed by atoms with Crippen molar-refractivity contribution in [1.82, 2.24) is 0 Å². The summed E-state index contributed by atoms with van der Waals surface area (Å²) in [6.45, 7) is 1.94. The van der Waals surface area contributed by atoms with Gasteiger partial charge in [0.1, 0.15) is 11.5 Å². The van der Waals surface area contributed by atoms with Crippen LogP contribution in [-0.2, 0) is 0 Å². The number of hydrogen-bond acceptors (Lipinski definition) is 3. The molecule has 2 aromatic carbocycles. The summed E-state index contributed by atoms with van der Waals surface area (Å²) in [4.78, 5) is 0. The first-order valence-electron chi connectivity index (χ1n) is 5.72. The molecule has 0 bridgehead atoms. The van der Waals surface area contributed by atoms with Crippen molar-refractivity contribution < 1.29 is 9.94 Å². The van der Waals surface area contributed by atoms with Gasteiger partial charge >= 0.3 is 0 Å². The molecule has 0 aliphatic carbocycles. The van der Waals surface area contributed by atoms with Gasteiger partial charge in [-0.2, -0.15) is 0 Å². The second-order valence-corrected chi connectivity index (χ2v) is 5.48. The van der Waals surface area contributed by atoms with E-state index in [4.69, 9.17) is 27.3 Å². The minimum atomic E-state index is -0.0317. The average Bonchev–Trinajstić information content (AvgIpc) is 2.41. The molecule has 0 saturated carbocycles. The highest BCUT2D eigenvalue weighted by Gasteiger charge is 2.12. The van der Waals surface area contributed by atoms with E-state index in [-0.39, 0.29) is 5.84 Å². The van der Waals surface area contributed by atoms with Crippen LogP contribution in [0.2, 0.25) is 5.02 Å². The summed E-state index contributed by atoms with van der Waals surface area (Å²) in [5.41, 5.74) is 7.15. The predicted molar refractivity (Wildman–Crippen MR) is 82.9 cm³/mol. The van der Waals surface area contributed by atoms with E-state index in [1.165, 1.54) is 0 Å². The van der Waals surface area contributed by atoms with Gasteiger partial charge in [-0.15, -0.1) is 0 Å². The second-order valence-electron chi connectivity index (χ2n) is 4.16. The highest BCUT2D eigenvalue weighted by Crippen LogP contribution is 2.33. The van der Waals surface area contributed by atoms with Gasteiger partial charge in [-0.25, -0.2) is 0 Å². The standard InChI is InChI=1S/C14H12BrClN2O2/c1-8-2-5-12(11(16)6-8)20-13-7-9(15)3-4-10(13)14(17)18-19/h2-7,19H,1H3,(H2,17,18). The van der Waals surface area contributed by atoms with Gasteiger partial charge in [-0.3, -0.25) is 0 Å². The van der Waals surface area contributed by atoms with Crippen molar-refractivity contribution >= 4 is 33.4 Å². The molecule has 2 rings (SSSR count). The molecule has 0 spiro atoms. The van der Waals surface area contributed by atoms with Gasteiger partial charge < -0.3 is 15.7 Å². The zero-order chi connectivity index (χ0) is 14.7. The molecule has 0 aliphatic rings. The number of rotatable bonds is 3. The van der Waals surface area contributed by atoms with Crippen LogP contribution in [0.5, 0.6) is 11.5 Å². The topological polar surface area (TPSA) is 67.8 Å². The molecule has 0 amide bonds. The van der Waals surface area contributed by atoms with Crippen molar-refractivity contribution in [3.63, 3.8) is 0 Å². The minimum absolute atomic E-state index is 0.0317. The largest absolute Gasteiger partial charge is 0.455 e. The number of nitrogens with zero attached hydrogens (tertiary/aromatic N) is 1. The van der Waals surface area contributed by atoms with Crippen molar-refractivity contribution in [3.05, 3.63) is 57.0 Å². The first-order chi connectivity index (χ1) is 9.51. The Morgan fingerprint density at radius 2 is 2.00 bits per heavy atom. The first-order valence-corrected chi connectivity index (χ1v) is 6.90. The quantitative estimate of drug-likeness (QED) is 0.373. The summed E-state index contributed by atoms with van der Waals surface area (Å²) in [5.74, 6) is 0.915. The molecule has 4 nitrogen and oxygen atoms in total. The summed E-state index contributed by atoms with van der Waals surface area (Å²) < 4.78 is 6.58. The summed E-state index contributed by atoms with van der Waals surface area (Å²) in [6.07, 6.45) is 0. The Hall–Kier alpha value is -1.72. The van der Waals surface area contributed by atoms with Crippen LogP contribution in [0.25, 0.3) is 0 Å². The van der Waals surface area contributed by atoms with Gasteiger partial charge in [0.25, 0.3) is 0 Å². The van der Waals surface area contributed by atoms with Gasteiger partial charge in [0.15, 0.2) is 5.84 Å². The van der Waals surface area contributed by atoms with Crippen LogP contribution in [0.1, 0.15) is 11.1 Å². The Labute approximate surface area is 129 Å². The van der Waals surface area contributed by atoms with Crippen LogP contribution >= 0.6 is 27.5 Å². The van der Waals surface area contributed by atoms with Crippen LogP contribution < -0.4 is 10.5 Å². The summed E-state index contributed by atoms with van der Waals surface area (Å²) >= 11 is 9.49. The third kappa shape index (κ3) is 3.23. The molecule has 0 aliphatic heterocycles. The number of hydrogen-bond donors (Lipinski definition) is 2. The molecule has 0 unspecified atom stereocenters. The zero-order valence-electron chi connectivity index (χ0n) is 10.6. The average molecular weight is 356 g/mol. The van der Waals surface area contributed by atoms with Crippen LogP contribution in [-0.4, -0.2) is 11.0 Å². The van der Waals surface area contributed by atoms with Crippen LogP contribution in [0, 0.1) is 6.92 Å². The number of halogens is 2. The summed E-state index contributed by atoms with van der Waals surface area (Å²) in [6, 6.07) is 10.7. The van der Waals surface area contributed by atoms with Crippen molar-refractivity contribution in [2.24, 2.45) is 10.9 Å². The Balaban J connectivity index is 2.44. The molecule has 2 aromatic rings. The lowest BCUT2D eigenvalue weighted by molar-refractivity contribution is 0.318. The van der Waals surface area contributed by atoms with Gasteiger partial charge in [-0.05, 0) is 42.8 Å². The summed E-state index contributed by atoms with van der Waals surface area (Å²) in [7, 11) is 0. The van der Waals surface area contributed by atoms with E-state index >= 15 is 0 Å². The van der Waals surface area contributed by atoms with Crippen molar-refractivity contribution in [2.75, 3.05) is 0 Å². The molecule has 104 valence electrons. The molecule has 3 N–H and O–H groups in total. The molecule has 0 radical (unpaired) electrons. The Morgan fingerprint density at radius 3 is 2.65 bits per heavy atom. The fourth-order valence-electron chi connectivity index (χ4n) is 1.65. The van der Waals surface area contributed by atoms with E-state index in [2.05, 4.69) is 21.1 Å². The van der Waals surface area contributed by atoms with Gasteiger partial charge in [-0.1, -0.05) is 38.8 Å². The Kier molecular flexibility index (Phi) is 4.52. The minimum Gasteiger partial charge on any atom is -0.455 e. The highest BCUT2D eigenvalue weighted by atomic mass is 79.9.